The van der Waals surface area contributed by atoms with Crippen molar-refractivity contribution in [3.05, 3.63) is 59.3 Å². The number of carbonyl (C=O) groups is 1. The third-order valence-electron chi connectivity index (χ3n) is 2.32. The fourth-order valence-corrected chi connectivity index (χ4v) is 1.50. The molecule has 2 aromatic rings. The molecule has 2 nitrogen and oxygen atoms in total. The van der Waals surface area contributed by atoms with Crippen molar-refractivity contribution in [1.29, 1.82) is 0 Å². The number of ketones is 1. The van der Waals surface area contributed by atoms with E-state index < -0.39 is 28.9 Å². The highest BCUT2D eigenvalue weighted by Gasteiger charge is 2.35. The number of furan rings is 1. The zero-order valence-electron chi connectivity index (χ0n) is 8.79. The Morgan fingerprint density at radius 1 is 1.17 bits per heavy atom. The van der Waals surface area contributed by atoms with E-state index in [0.29, 0.717) is 18.2 Å². The summed E-state index contributed by atoms with van der Waals surface area (Å²) < 4.78 is 55.7. The van der Waals surface area contributed by atoms with Gasteiger partial charge in [0.2, 0.25) is 0 Å². The molecular weight excluding hydrogens is 252 g/mol. The van der Waals surface area contributed by atoms with Crippen LogP contribution in [0, 0.1) is 5.82 Å². The first kappa shape index (κ1) is 12.3. The van der Waals surface area contributed by atoms with Gasteiger partial charge in [-0.15, -0.1) is 0 Å². The molecule has 0 bridgehead atoms. The summed E-state index contributed by atoms with van der Waals surface area (Å²) in [6.07, 6.45) is -2.56. The standard InChI is InChI=1S/C12H6F4O2/c13-8-1-2-10(12(14,15)16)9(5-8)11(17)7-3-4-18-6-7/h1-6H. The largest absolute Gasteiger partial charge is 0.472 e. The Bertz CT molecular complexity index is 570. The van der Waals surface area contributed by atoms with E-state index in [0.717, 1.165) is 12.5 Å². The van der Waals surface area contributed by atoms with Gasteiger partial charge in [-0.25, -0.2) is 4.39 Å². The van der Waals surface area contributed by atoms with Crippen LogP contribution in [0.5, 0.6) is 0 Å². The van der Waals surface area contributed by atoms with Crippen LogP contribution >= 0.6 is 0 Å². The number of halogens is 4. The molecule has 0 aliphatic rings. The van der Waals surface area contributed by atoms with Crippen LogP contribution in [0.2, 0.25) is 0 Å². The van der Waals surface area contributed by atoms with Crippen LogP contribution in [0.3, 0.4) is 0 Å². The Kier molecular flexibility index (Phi) is 2.94. The summed E-state index contributed by atoms with van der Waals surface area (Å²) in [6.45, 7) is 0. The lowest BCUT2D eigenvalue weighted by molar-refractivity contribution is -0.137. The van der Waals surface area contributed by atoms with Crippen LogP contribution in [0.4, 0.5) is 17.6 Å². The molecule has 18 heavy (non-hydrogen) atoms. The molecule has 0 unspecified atom stereocenters. The monoisotopic (exact) mass is 258 g/mol. The molecular formula is C12H6F4O2. The highest BCUT2D eigenvalue weighted by molar-refractivity contribution is 6.09. The van der Waals surface area contributed by atoms with E-state index in [1.54, 1.807) is 0 Å². The van der Waals surface area contributed by atoms with Gasteiger partial charge in [0.1, 0.15) is 12.1 Å². The Morgan fingerprint density at radius 3 is 2.44 bits per heavy atom. The average molecular weight is 258 g/mol. The van der Waals surface area contributed by atoms with E-state index in [-0.39, 0.29) is 5.56 Å². The minimum absolute atomic E-state index is 0.0638. The van der Waals surface area contributed by atoms with Gasteiger partial charge < -0.3 is 4.42 Å². The predicted molar refractivity (Wildman–Crippen MR) is 53.5 cm³/mol. The normalized spacial score (nSPS) is 11.6. The van der Waals surface area contributed by atoms with Crippen molar-refractivity contribution in [2.75, 3.05) is 0 Å². The van der Waals surface area contributed by atoms with E-state index in [2.05, 4.69) is 4.42 Å². The van der Waals surface area contributed by atoms with Crippen LogP contribution < -0.4 is 0 Å². The number of hydrogen-bond donors (Lipinski definition) is 0. The quantitative estimate of drug-likeness (QED) is 0.607. The maximum atomic E-state index is 13.0. The van der Waals surface area contributed by atoms with Crippen LogP contribution in [0.15, 0.2) is 41.2 Å². The van der Waals surface area contributed by atoms with Gasteiger partial charge in [0.05, 0.1) is 17.4 Å². The van der Waals surface area contributed by atoms with Gasteiger partial charge in [-0.05, 0) is 24.3 Å². The zero-order valence-corrected chi connectivity index (χ0v) is 8.79. The van der Waals surface area contributed by atoms with Gasteiger partial charge in [0.25, 0.3) is 0 Å². The lowest BCUT2D eigenvalue weighted by atomic mass is 9.99. The molecule has 0 aliphatic heterocycles. The van der Waals surface area contributed by atoms with E-state index in [1.807, 2.05) is 0 Å². The molecule has 1 aromatic heterocycles. The molecule has 0 saturated heterocycles. The fourth-order valence-electron chi connectivity index (χ4n) is 1.50. The van der Waals surface area contributed by atoms with Crippen molar-refractivity contribution in [2.45, 2.75) is 6.18 Å². The van der Waals surface area contributed by atoms with Gasteiger partial charge in [-0.2, -0.15) is 13.2 Å². The second-order valence-corrected chi connectivity index (χ2v) is 3.53. The summed E-state index contributed by atoms with van der Waals surface area (Å²) in [6, 6.07) is 2.99. The molecule has 0 saturated carbocycles. The molecule has 0 amide bonds. The number of rotatable bonds is 2. The van der Waals surface area contributed by atoms with Crippen LogP contribution in [-0.4, -0.2) is 5.78 Å². The van der Waals surface area contributed by atoms with Crippen LogP contribution in [0.25, 0.3) is 0 Å². The lowest BCUT2D eigenvalue weighted by Gasteiger charge is -2.11. The predicted octanol–water partition coefficient (Wildman–Crippen LogP) is 3.67. The lowest BCUT2D eigenvalue weighted by Crippen LogP contribution is -2.13. The molecule has 0 aliphatic carbocycles. The average Bonchev–Trinajstić information content (AvgIpc) is 2.79. The zero-order chi connectivity index (χ0) is 13.3. The SMILES string of the molecule is O=C(c1ccoc1)c1cc(F)ccc1C(F)(F)F. The second kappa shape index (κ2) is 4.29. The highest BCUT2D eigenvalue weighted by atomic mass is 19.4. The molecule has 0 atom stereocenters. The van der Waals surface area contributed by atoms with Crippen molar-refractivity contribution in [2.24, 2.45) is 0 Å². The third kappa shape index (κ3) is 2.27. The molecule has 0 fully saturated rings. The first-order valence-corrected chi connectivity index (χ1v) is 4.83. The molecule has 1 heterocycles. The van der Waals surface area contributed by atoms with E-state index in [4.69, 9.17) is 0 Å². The van der Waals surface area contributed by atoms with Gasteiger partial charge in [-0.3, -0.25) is 4.79 Å². The minimum atomic E-state index is -4.72. The number of alkyl halides is 3. The Morgan fingerprint density at radius 2 is 1.89 bits per heavy atom. The third-order valence-corrected chi connectivity index (χ3v) is 2.32. The smallest absolute Gasteiger partial charge is 0.417 e. The summed E-state index contributed by atoms with van der Waals surface area (Å²) in [4.78, 5) is 11.8. The molecule has 1 aromatic carbocycles. The summed E-state index contributed by atoms with van der Waals surface area (Å²) >= 11 is 0. The van der Waals surface area contributed by atoms with E-state index in [1.165, 1.54) is 6.07 Å². The first-order valence-electron chi connectivity index (χ1n) is 4.83. The summed E-state index contributed by atoms with van der Waals surface area (Å²) in [5.74, 6) is -1.84. The van der Waals surface area contributed by atoms with Crippen molar-refractivity contribution in [3.63, 3.8) is 0 Å². The maximum absolute atomic E-state index is 13.0. The molecule has 94 valence electrons. The van der Waals surface area contributed by atoms with Crippen LogP contribution in [0.1, 0.15) is 21.5 Å². The number of carbonyl (C=O) groups excluding carboxylic acids is 1. The van der Waals surface area contributed by atoms with Crippen LogP contribution in [-0.2, 0) is 6.18 Å². The Hall–Kier alpha value is -2.11. The van der Waals surface area contributed by atoms with Crippen molar-refractivity contribution in [1.82, 2.24) is 0 Å². The van der Waals surface area contributed by atoms with Gasteiger partial charge in [0, 0.05) is 5.56 Å². The van der Waals surface area contributed by atoms with Crippen molar-refractivity contribution in [3.8, 4) is 0 Å². The van der Waals surface area contributed by atoms with Gasteiger partial charge >= 0.3 is 6.18 Å². The number of benzene rings is 1. The topological polar surface area (TPSA) is 30.2 Å². The Labute approximate surface area is 98.8 Å². The maximum Gasteiger partial charge on any atom is 0.417 e. The first-order chi connectivity index (χ1) is 8.39. The Balaban J connectivity index is 2.56. The molecule has 2 rings (SSSR count). The van der Waals surface area contributed by atoms with Gasteiger partial charge in [-0.1, -0.05) is 0 Å². The minimum Gasteiger partial charge on any atom is -0.472 e. The van der Waals surface area contributed by atoms with Crippen molar-refractivity contribution < 1.29 is 26.8 Å². The second-order valence-electron chi connectivity index (χ2n) is 3.53. The summed E-state index contributed by atoms with van der Waals surface area (Å²) in [5, 5.41) is 0. The molecule has 0 radical (unpaired) electrons. The molecule has 6 heteroatoms. The number of hydrogen-bond acceptors (Lipinski definition) is 2. The van der Waals surface area contributed by atoms with Gasteiger partial charge in [0.15, 0.2) is 5.78 Å². The molecule has 0 spiro atoms. The summed E-state index contributed by atoms with van der Waals surface area (Å²) in [7, 11) is 0. The van der Waals surface area contributed by atoms with E-state index >= 15 is 0 Å². The fraction of sp³-hybridized carbons (Fsp3) is 0.0833. The summed E-state index contributed by atoms with van der Waals surface area (Å²) in [5.41, 5.74) is -1.97. The van der Waals surface area contributed by atoms with E-state index in [9.17, 15) is 22.4 Å². The molecule has 0 N–H and O–H groups in total. The highest BCUT2D eigenvalue weighted by Crippen LogP contribution is 2.33. The van der Waals surface area contributed by atoms with Crippen molar-refractivity contribution >= 4 is 5.78 Å².